The molecule has 1 aliphatic carbocycles. The van der Waals surface area contributed by atoms with Gasteiger partial charge in [-0.2, -0.15) is 0 Å². The van der Waals surface area contributed by atoms with Crippen molar-refractivity contribution in [3.05, 3.63) is 99.0 Å². The number of halogens is 2. The predicted molar refractivity (Wildman–Crippen MR) is 171 cm³/mol. The average Bonchev–Trinajstić information content (AvgIpc) is 2.96. The van der Waals surface area contributed by atoms with Crippen molar-refractivity contribution in [2.75, 3.05) is 25.3 Å². The van der Waals surface area contributed by atoms with Crippen LogP contribution in [0.5, 0.6) is 0 Å². The van der Waals surface area contributed by atoms with Crippen molar-refractivity contribution in [1.82, 2.24) is 14.9 Å². The van der Waals surface area contributed by atoms with Crippen LogP contribution in [-0.4, -0.2) is 57.6 Å². The summed E-state index contributed by atoms with van der Waals surface area (Å²) in [6.07, 6.45) is 3.92. The monoisotopic (exact) mass is 642 g/mol. The van der Waals surface area contributed by atoms with Crippen LogP contribution in [0.1, 0.15) is 64.7 Å². The fourth-order valence-electron chi connectivity index (χ4n) is 6.34. The Bertz CT molecular complexity index is 1610. The molecule has 0 unspecified atom stereocenters. The number of hydrogen-bond acceptors (Lipinski definition) is 5. The number of benzene rings is 3. The lowest BCUT2D eigenvalue weighted by atomic mass is 9.76. The summed E-state index contributed by atoms with van der Waals surface area (Å²) in [5, 5.41) is 3.86. The first-order valence-corrected chi connectivity index (χ1v) is 17.0. The number of rotatable bonds is 8. The Hall–Kier alpha value is -3.11. The van der Waals surface area contributed by atoms with Crippen LogP contribution in [-0.2, 0) is 21.4 Å². The van der Waals surface area contributed by atoms with Gasteiger partial charge in [0.05, 0.1) is 18.2 Å². The summed E-state index contributed by atoms with van der Waals surface area (Å²) in [6, 6.07) is 18.3. The molecular weight excluding hydrogens is 607 g/mol. The molecule has 228 valence electrons. The summed E-state index contributed by atoms with van der Waals surface area (Å²) in [4.78, 5) is 32.4. The van der Waals surface area contributed by atoms with Crippen LogP contribution in [0.25, 0.3) is 0 Å². The van der Waals surface area contributed by atoms with Crippen molar-refractivity contribution in [1.29, 1.82) is 0 Å². The highest BCUT2D eigenvalue weighted by atomic mass is 35.5. The minimum absolute atomic E-state index is 0.262. The van der Waals surface area contributed by atoms with Crippen LogP contribution in [0, 0.1) is 0 Å². The number of nitrogens with one attached hydrogen (secondary N) is 2. The zero-order valence-corrected chi connectivity index (χ0v) is 26.7. The van der Waals surface area contributed by atoms with Gasteiger partial charge in [0, 0.05) is 54.0 Å². The van der Waals surface area contributed by atoms with Crippen LogP contribution in [0.15, 0.2) is 66.7 Å². The van der Waals surface area contributed by atoms with Gasteiger partial charge < -0.3 is 15.1 Å². The molecule has 1 saturated carbocycles. The Morgan fingerprint density at radius 1 is 0.977 bits per heavy atom. The van der Waals surface area contributed by atoms with Gasteiger partial charge in [0.2, 0.25) is 15.9 Å². The van der Waals surface area contributed by atoms with Gasteiger partial charge in [0.25, 0.3) is 5.91 Å². The molecule has 3 aromatic rings. The summed E-state index contributed by atoms with van der Waals surface area (Å²) in [5.41, 5.74) is 3.58. The van der Waals surface area contributed by atoms with E-state index in [1.54, 1.807) is 35.2 Å². The third-order valence-electron chi connectivity index (χ3n) is 8.31. The van der Waals surface area contributed by atoms with Crippen molar-refractivity contribution < 1.29 is 18.0 Å². The fourth-order valence-corrected chi connectivity index (χ4v) is 7.68. The molecule has 2 amide bonds. The molecule has 1 fully saturated rings. The molecule has 5 rings (SSSR count). The van der Waals surface area contributed by atoms with E-state index in [0.717, 1.165) is 30.3 Å². The van der Waals surface area contributed by atoms with Gasteiger partial charge in [0.1, 0.15) is 0 Å². The lowest BCUT2D eigenvalue weighted by Gasteiger charge is -2.49. The third-order valence-corrected chi connectivity index (χ3v) is 9.60. The Labute approximate surface area is 263 Å². The molecule has 0 saturated heterocycles. The van der Waals surface area contributed by atoms with Gasteiger partial charge in [-0.1, -0.05) is 72.4 Å². The Morgan fingerprint density at radius 2 is 1.67 bits per heavy atom. The molecule has 43 heavy (non-hydrogen) atoms. The lowest BCUT2D eigenvalue weighted by Crippen LogP contribution is -2.59. The Balaban J connectivity index is 1.60. The van der Waals surface area contributed by atoms with Gasteiger partial charge in [0.15, 0.2) is 0 Å². The standard InChI is InChI=1S/C32H36Cl2N4O4S/c1-37(2)22-15-12-20(13-16-22)19-35-31(39)29-23-8-4-5-9-24(23)32(40)38(30(29)25-17-14-21(33)18-26(25)34)28-11-7-6-10-27(28)36-43(3,41)42/h4-5,8-9,12-18,27-30,36H,6-7,10-11,19H2,1-3H3,(H,35,39)/t27-,28-,29+,30-/m0/s1. The third kappa shape index (κ3) is 6.85. The molecule has 1 heterocycles. The molecule has 0 aromatic heterocycles. The van der Waals surface area contributed by atoms with Crippen LogP contribution >= 0.6 is 23.2 Å². The van der Waals surface area contributed by atoms with E-state index < -0.39 is 34.1 Å². The summed E-state index contributed by atoms with van der Waals surface area (Å²) in [6.45, 7) is 0.294. The Morgan fingerprint density at radius 3 is 2.35 bits per heavy atom. The van der Waals surface area contributed by atoms with Crippen LogP contribution in [0.4, 0.5) is 5.69 Å². The highest BCUT2D eigenvalue weighted by Gasteiger charge is 2.49. The largest absolute Gasteiger partial charge is 0.378 e. The van der Waals surface area contributed by atoms with E-state index in [4.69, 9.17) is 23.2 Å². The van der Waals surface area contributed by atoms with E-state index in [2.05, 4.69) is 10.0 Å². The highest BCUT2D eigenvalue weighted by Crippen LogP contribution is 2.47. The number of carbonyl (C=O) groups is 2. The summed E-state index contributed by atoms with van der Waals surface area (Å²) < 4.78 is 27.5. The molecule has 4 atom stereocenters. The first-order valence-electron chi connectivity index (χ1n) is 14.3. The number of sulfonamides is 1. The highest BCUT2D eigenvalue weighted by molar-refractivity contribution is 7.88. The van der Waals surface area contributed by atoms with Crippen molar-refractivity contribution >= 4 is 50.7 Å². The SMILES string of the molecule is CN(C)c1ccc(CNC(=O)[C@@H]2c3ccccc3C(=O)N([C@H]3CCCC[C@@H]3NS(C)(=O)=O)[C@H]2c2ccc(Cl)cc2Cl)cc1. The fraction of sp³-hybridized carbons (Fsp3) is 0.375. The topological polar surface area (TPSA) is 98.8 Å². The van der Waals surface area contributed by atoms with E-state index in [0.29, 0.717) is 46.1 Å². The maximum Gasteiger partial charge on any atom is 0.255 e. The molecule has 0 radical (unpaired) electrons. The number of carbonyl (C=O) groups excluding carboxylic acids is 2. The summed E-state index contributed by atoms with van der Waals surface area (Å²) >= 11 is 13.1. The molecule has 0 spiro atoms. The van der Waals surface area contributed by atoms with Gasteiger partial charge in [-0.3, -0.25) is 9.59 Å². The first-order chi connectivity index (χ1) is 20.4. The molecular formula is C32H36Cl2N4O4S. The maximum atomic E-state index is 14.4. The molecule has 8 nitrogen and oxygen atoms in total. The average molecular weight is 644 g/mol. The van der Waals surface area contributed by atoms with E-state index in [1.165, 1.54) is 0 Å². The summed E-state index contributed by atoms with van der Waals surface area (Å²) in [5.74, 6) is -1.34. The minimum Gasteiger partial charge on any atom is -0.378 e. The molecule has 2 aliphatic rings. The van der Waals surface area contributed by atoms with Crippen molar-refractivity contribution in [2.45, 2.75) is 56.3 Å². The zero-order chi connectivity index (χ0) is 30.9. The van der Waals surface area contributed by atoms with Crippen molar-refractivity contribution in [2.24, 2.45) is 0 Å². The number of fused-ring (bicyclic) bond motifs is 1. The van der Waals surface area contributed by atoms with Crippen LogP contribution < -0.4 is 14.9 Å². The second-order valence-electron chi connectivity index (χ2n) is 11.5. The predicted octanol–water partition coefficient (Wildman–Crippen LogP) is 5.52. The second kappa shape index (κ2) is 12.9. The maximum absolute atomic E-state index is 14.4. The Kier molecular flexibility index (Phi) is 9.37. The molecule has 2 N–H and O–H groups in total. The number of anilines is 1. The number of amides is 2. The first kappa shape index (κ1) is 31.3. The zero-order valence-electron chi connectivity index (χ0n) is 24.4. The minimum atomic E-state index is -3.56. The molecule has 0 bridgehead atoms. The lowest BCUT2D eigenvalue weighted by molar-refractivity contribution is -0.124. The number of nitrogens with zero attached hydrogens (tertiary/aromatic N) is 2. The van der Waals surface area contributed by atoms with E-state index in [9.17, 15) is 18.0 Å². The number of hydrogen-bond donors (Lipinski definition) is 2. The molecule has 3 aromatic carbocycles. The van der Waals surface area contributed by atoms with E-state index >= 15 is 0 Å². The van der Waals surface area contributed by atoms with Crippen LogP contribution in [0.2, 0.25) is 10.0 Å². The second-order valence-corrected chi connectivity index (χ2v) is 14.1. The van der Waals surface area contributed by atoms with Crippen molar-refractivity contribution in [3.8, 4) is 0 Å². The molecule has 1 aliphatic heterocycles. The van der Waals surface area contributed by atoms with Crippen molar-refractivity contribution in [3.63, 3.8) is 0 Å². The van der Waals surface area contributed by atoms with Gasteiger partial charge in [-0.05, 0) is 59.9 Å². The van der Waals surface area contributed by atoms with E-state index in [1.807, 2.05) is 55.4 Å². The smallest absolute Gasteiger partial charge is 0.255 e. The van der Waals surface area contributed by atoms with E-state index in [-0.39, 0.29) is 11.8 Å². The van der Waals surface area contributed by atoms with Crippen LogP contribution in [0.3, 0.4) is 0 Å². The molecule has 11 heteroatoms. The normalized spacial score (nSPS) is 22.2. The van der Waals surface area contributed by atoms with Gasteiger partial charge >= 0.3 is 0 Å². The quantitative estimate of drug-likeness (QED) is 0.337. The van der Waals surface area contributed by atoms with Gasteiger partial charge in [-0.15, -0.1) is 0 Å². The van der Waals surface area contributed by atoms with Gasteiger partial charge in [-0.25, -0.2) is 13.1 Å². The summed E-state index contributed by atoms with van der Waals surface area (Å²) in [7, 11) is 0.373.